The molecule has 0 atom stereocenters. The molecule has 1 heterocycles. The van der Waals surface area contributed by atoms with Gasteiger partial charge in [0.05, 0.1) is 5.69 Å². The van der Waals surface area contributed by atoms with E-state index in [1.807, 2.05) is 32.9 Å². The van der Waals surface area contributed by atoms with Crippen LogP contribution in [0.1, 0.15) is 32.9 Å². The first-order valence-electron chi connectivity index (χ1n) is 6.69. The van der Waals surface area contributed by atoms with E-state index in [9.17, 15) is 4.79 Å². The molecule has 2 aromatic rings. The Kier molecular flexibility index (Phi) is 4.55. The van der Waals surface area contributed by atoms with Crippen molar-refractivity contribution in [2.45, 2.75) is 27.4 Å². The minimum Gasteiger partial charge on any atom is -0.487 e. The standard InChI is InChI=1S/C16H19N3O2/c1-10-7-8-11(2)15(12(10)3)21-9-13-5-4-6-14(18-13)16(20)19-17/h4-8H,9,17H2,1-3H3,(H,19,20). The van der Waals surface area contributed by atoms with Gasteiger partial charge < -0.3 is 4.74 Å². The lowest BCUT2D eigenvalue weighted by atomic mass is 10.1. The maximum absolute atomic E-state index is 11.5. The minimum absolute atomic E-state index is 0.274. The topological polar surface area (TPSA) is 77.2 Å². The molecular weight excluding hydrogens is 266 g/mol. The van der Waals surface area contributed by atoms with Crippen LogP contribution in [0.2, 0.25) is 0 Å². The largest absolute Gasteiger partial charge is 0.487 e. The summed E-state index contributed by atoms with van der Waals surface area (Å²) in [6.45, 7) is 6.39. The molecule has 0 saturated carbocycles. The SMILES string of the molecule is Cc1ccc(C)c(OCc2cccc(C(=O)NN)n2)c1C. The van der Waals surface area contributed by atoms with E-state index < -0.39 is 5.91 Å². The Balaban J connectivity index is 2.17. The molecule has 5 heteroatoms. The second-order valence-electron chi connectivity index (χ2n) is 4.93. The number of carbonyl (C=O) groups excluding carboxylic acids is 1. The summed E-state index contributed by atoms with van der Waals surface area (Å²) in [5.41, 5.74) is 6.39. The van der Waals surface area contributed by atoms with Crippen LogP contribution in [0.5, 0.6) is 5.75 Å². The summed E-state index contributed by atoms with van der Waals surface area (Å²) in [4.78, 5) is 15.7. The molecule has 5 nitrogen and oxygen atoms in total. The third-order valence-corrected chi connectivity index (χ3v) is 3.41. The van der Waals surface area contributed by atoms with Gasteiger partial charge >= 0.3 is 0 Å². The minimum atomic E-state index is -0.417. The van der Waals surface area contributed by atoms with Crippen molar-refractivity contribution in [1.82, 2.24) is 10.4 Å². The molecule has 0 bridgehead atoms. The first-order chi connectivity index (χ1) is 10.0. The number of aryl methyl sites for hydroxylation is 2. The van der Waals surface area contributed by atoms with Crippen LogP contribution in [0.4, 0.5) is 0 Å². The van der Waals surface area contributed by atoms with Crippen LogP contribution in [-0.4, -0.2) is 10.9 Å². The summed E-state index contributed by atoms with van der Waals surface area (Å²) in [6, 6.07) is 9.28. The van der Waals surface area contributed by atoms with Gasteiger partial charge in [0.2, 0.25) is 0 Å². The Bertz CT molecular complexity index is 669. The zero-order valence-electron chi connectivity index (χ0n) is 12.4. The Labute approximate surface area is 124 Å². The third kappa shape index (κ3) is 3.38. The third-order valence-electron chi connectivity index (χ3n) is 3.41. The van der Waals surface area contributed by atoms with Gasteiger partial charge in [-0.15, -0.1) is 0 Å². The van der Waals surface area contributed by atoms with Gasteiger partial charge in [-0.05, 0) is 49.6 Å². The highest BCUT2D eigenvalue weighted by atomic mass is 16.5. The van der Waals surface area contributed by atoms with Crippen molar-refractivity contribution in [3.63, 3.8) is 0 Å². The Morgan fingerprint density at radius 2 is 1.90 bits per heavy atom. The highest BCUT2D eigenvalue weighted by Gasteiger charge is 2.09. The lowest BCUT2D eigenvalue weighted by Crippen LogP contribution is -2.30. The Morgan fingerprint density at radius 1 is 1.19 bits per heavy atom. The van der Waals surface area contributed by atoms with E-state index in [1.165, 1.54) is 5.56 Å². The monoisotopic (exact) mass is 285 g/mol. The Hall–Kier alpha value is -2.40. The van der Waals surface area contributed by atoms with Gasteiger partial charge in [0.25, 0.3) is 5.91 Å². The molecule has 110 valence electrons. The number of carbonyl (C=O) groups is 1. The predicted molar refractivity (Wildman–Crippen MR) is 80.9 cm³/mol. The van der Waals surface area contributed by atoms with Crippen LogP contribution in [0.25, 0.3) is 0 Å². The van der Waals surface area contributed by atoms with Crippen molar-refractivity contribution in [3.05, 3.63) is 58.4 Å². The average Bonchev–Trinajstić information content (AvgIpc) is 2.50. The molecule has 1 amide bonds. The van der Waals surface area contributed by atoms with E-state index in [1.54, 1.807) is 12.1 Å². The van der Waals surface area contributed by atoms with Crippen molar-refractivity contribution < 1.29 is 9.53 Å². The summed E-state index contributed by atoms with van der Waals surface area (Å²) < 4.78 is 5.88. The fourth-order valence-corrected chi connectivity index (χ4v) is 2.05. The van der Waals surface area contributed by atoms with E-state index in [0.717, 1.165) is 16.9 Å². The molecule has 0 spiro atoms. The summed E-state index contributed by atoms with van der Waals surface area (Å²) >= 11 is 0. The highest BCUT2D eigenvalue weighted by molar-refractivity contribution is 5.91. The van der Waals surface area contributed by atoms with Crippen molar-refractivity contribution in [3.8, 4) is 5.75 Å². The summed E-state index contributed by atoms with van der Waals surface area (Å²) in [7, 11) is 0. The van der Waals surface area contributed by atoms with Gasteiger partial charge in [-0.25, -0.2) is 10.8 Å². The van der Waals surface area contributed by atoms with Crippen LogP contribution in [0.3, 0.4) is 0 Å². The van der Waals surface area contributed by atoms with Crippen molar-refractivity contribution in [2.75, 3.05) is 0 Å². The number of hydrogen-bond acceptors (Lipinski definition) is 4. The van der Waals surface area contributed by atoms with Crippen LogP contribution >= 0.6 is 0 Å². The number of hydrazine groups is 1. The number of benzene rings is 1. The van der Waals surface area contributed by atoms with Gasteiger partial charge in [0.1, 0.15) is 18.1 Å². The van der Waals surface area contributed by atoms with E-state index in [0.29, 0.717) is 12.3 Å². The van der Waals surface area contributed by atoms with Crippen LogP contribution in [-0.2, 0) is 6.61 Å². The van der Waals surface area contributed by atoms with Gasteiger partial charge in [-0.3, -0.25) is 10.2 Å². The number of ether oxygens (including phenoxy) is 1. The summed E-state index contributed by atoms with van der Waals surface area (Å²) in [6.07, 6.45) is 0. The molecule has 0 radical (unpaired) electrons. The fourth-order valence-electron chi connectivity index (χ4n) is 2.05. The van der Waals surface area contributed by atoms with Crippen LogP contribution in [0, 0.1) is 20.8 Å². The van der Waals surface area contributed by atoms with Gasteiger partial charge in [-0.1, -0.05) is 18.2 Å². The maximum Gasteiger partial charge on any atom is 0.283 e. The van der Waals surface area contributed by atoms with Crippen molar-refractivity contribution >= 4 is 5.91 Å². The van der Waals surface area contributed by atoms with E-state index in [2.05, 4.69) is 16.5 Å². The van der Waals surface area contributed by atoms with Crippen LogP contribution < -0.4 is 16.0 Å². The molecule has 1 aromatic carbocycles. The average molecular weight is 285 g/mol. The zero-order valence-corrected chi connectivity index (χ0v) is 12.4. The molecule has 21 heavy (non-hydrogen) atoms. The number of nitrogens with two attached hydrogens (primary N) is 1. The number of nitrogen functional groups attached to an aromatic ring is 1. The van der Waals surface area contributed by atoms with E-state index >= 15 is 0 Å². The second-order valence-corrected chi connectivity index (χ2v) is 4.93. The number of hydrogen-bond donors (Lipinski definition) is 2. The molecule has 3 N–H and O–H groups in total. The van der Waals surface area contributed by atoms with E-state index in [4.69, 9.17) is 10.6 Å². The molecule has 1 aromatic heterocycles. The second kappa shape index (κ2) is 6.37. The molecule has 0 aliphatic carbocycles. The smallest absolute Gasteiger partial charge is 0.283 e. The number of aromatic nitrogens is 1. The maximum atomic E-state index is 11.5. The zero-order chi connectivity index (χ0) is 15.4. The molecule has 0 saturated heterocycles. The molecule has 0 fully saturated rings. The number of pyridine rings is 1. The number of rotatable bonds is 4. The molecule has 0 unspecified atom stereocenters. The number of nitrogens with zero attached hydrogens (tertiary/aromatic N) is 1. The Morgan fingerprint density at radius 3 is 2.62 bits per heavy atom. The quantitative estimate of drug-likeness (QED) is 0.513. The summed E-state index contributed by atoms with van der Waals surface area (Å²) in [5.74, 6) is 5.55. The highest BCUT2D eigenvalue weighted by Crippen LogP contribution is 2.26. The first-order valence-corrected chi connectivity index (χ1v) is 6.69. The number of nitrogens with one attached hydrogen (secondary N) is 1. The van der Waals surface area contributed by atoms with Crippen LogP contribution in [0.15, 0.2) is 30.3 Å². The first kappa shape index (κ1) is 15.0. The molecular formula is C16H19N3O2. The lowest BCUT2D eigenvalue weighted by molar-refractivity contribution is 0.0948. The summed E-state index contributed by atoms with van der Waals surface area (Å²) in [5, 5.41) is 0. The fraction of sp³-hybridized carbons (Fsp3) is 0.250. The normalized spacial score (nSPS) is 10.3. The van der Waals surface area contributed by atoms with E-state index in [-0.39, 0.29) is 5.69 Å². The molecule has 2 rings (SSSR count). The molecule has 0 aliphatic heterocycles. The lowest BCUT2D eigenvalue weighted by Gasteiger charge is -2.14. The van der Waals surface area contributed by atoms with Crippen molar-refractivity contribution in [1.29, 1.82) is 0 Å². The van der Waals surface area contributed by atoms with Gasteiger partial charge in [0, 0.05) is 0 Å². The van der Waals surface area contributed by atoms with Gasteiger partial charge in [0.15, 0.2) is 0 Å². The molecule has 0 aliphatic rings. The van der Waals surface area contributed by atoms with Crippen molar-refractivity contribution in [2.24, 2.45) is 5.84 Å². The number of amides is 1. The predicted octanol–water partition coefficient (Wildman–Crippen LogP) is 2.19. The van der Waals surface area contributed by atoms with Gasteiger partial charge in [-0.2, -0.15) is 0 Å².